The van der Waals surface area contributed by atoms with E-state index in [1.807, 2.05) is 0 Å². The van der Waals surface area contributed by atoms with Crippen molar-refractivity contribution >= 4 is 11.8 Å². The number of aromatic nitrogens is 2. The van der Waals surface area contributed by atoms with Crippen LogP contribution in [0.15, 0.2) is 12.4 Å². The first-order valence-corrected chi connectivity index (χ1v) is 5.29. The van der Waals surface area contributed by atoms with Gasteiger partial charge in [0.05, 0.1) is 11.6 Å². The number of carboxylic acids is 1. The van der Waals surface area contributed by atoms with E-state index < -0.39 is 11.4 Å². The maximum Gasteiger partial charge on any atom is 0.314 e. The van der Waals surface area contributed by atoms with Crippen LogP contribution in [-0.4, -0.2) is 26.6 Å². The lowest BCUT2D eigenvalue weighted by molar-refractivity contribution is -0.146. The maximum atomic E-state index is 11.4. The van der Waals surface area contributed by atoms with E-state index in [0.717, 1.165) is 0 Å². The monoisotopic (exact) mass is 222 g/mol. The van der Waals surface area contributed by atoms with Crippen molar-refractivity contribution in [2.45, 2.75) is 31.1 Å². The van der Waals surface area contributed by atoms with E-state index in [1.165, 1.54) is 0 Å². The molecular formula is C11H14N2O3. The summed E-state index contributed by atoms with van der Waals surface area (Å²) in [5.41, 5.74) is -0.211. The molecule has 0 atom stereocenters. The summed E-state index contributed by atoms with van der Waals surface area (Å²) in [4.78, 5) is 22.6. The summed E-state index contributed by atoms with van der Waals surface area (Å²) >= 11 is 0. The molecular weight excluding hydrogens is 208 g/mol. The first-order chi connectivity index (χ1) is 7.54. The van der Waals surface area contributed by atoms with Gasteiger partial charge in [-0.2, -0.15) is 5.10 Å². The molecule has 1 saturated carbocycles. The van der Waals surface area contributed by atoms with Crippen molar-refractivity contribution in [3.8, 4) is 0 Å². The van der Waals surface area contributed by atoms with Gasteiger partial charge in [-0.25, -0.2) is 0 Å². The number of hydrogen-bond donors (Lipinski definition) is 1. The number of Topliss-reactive ketones (excluding diaryl/α,β-unsaturated/α-hetero) is 1. The smallest absolute Gasteiger partial charge is 0.314 e. The Labute approximate surface area is 93.1 Å². The van der Waals surface area contributed by atoms with Gasteiger partial charge in [0.15, 0.2) is 0 Å². The van der Waals surface area contributed by atoms with Crippen LogP contribution in [0.2, 0.25) is 0 Å². The fourth-order valence-corrected chi connectivity index (χ4v) is 2.25. The zero-order valence-electron chi connectivity index (χ0n) is 9.14. The average Bonchev–Trinajstić information content (AvgIpc) is 2.66. The first kappa shape index (κ1) is 10.9. The third-order valence-electron chi connectivity index (χ3n) is 3.33. The second kappa shape index (κ2) is 3.73. The van der Waals surface area contributed by atoms with Crippen LogP contribution in [0.3, 0.4) is 0 Å². The van der Waals surface area contributed by atoms with Crippen LogP contribution in [0.4, 0.5) is 0 Å². The van der Waals surface area contributed by atoms with E-state index >= 15 is 0 Å². The summed E-state index contributed by atoms with van der Waals surface area (Å²) in [5.74, 6) is -0.700. The van der Waals surface area contributed by atoms with E-state index in [0.29, 0.717) is 31.2 Å². The molecule has 1 fully saturated rings. The number of aryl methyl sites for hydroxylation is 1. The van der Waals surface area contributed by atoms with Gasteiger partial charge in [-0.05, 0) is 12.8 Å². The summed E-state index contributed by atoms with van der Waals surface area (Å²) in [6.45, 7) is 0. The fourth-order valence-electron chi connectivity index (χ4n) is 2.25. The minimum absolute atomic E-state index is 0.153. The summed E-state index contributed by atoms with van der Waals surface area (Å²) in [6.07, 6.45) is 4.77. The van der Waals surface area contributed by atoms with Gasteiger partial charge in [0.25, 0.3) is 0 Å². The number of carbonyl (C=O) groups is 2. The number of rotatable bonds is 2. The normalized spacial score (nSPS) is 19.7. The molecule has 1 aromatic rings. The molecule has 0 amide bonds. The Balaban J connectivity index is 2.36. The number of carboxylic acid groups (broad SMARTS) is 1. The Morgan fingerprint density at radius 2 is 2.12 bits per heavy atom. The van der Waals surface area contributed by atoms with Crippen LogP contribution in [0.5, 0.6) is 0 Å². The van der Waals surface area contributed by atoms with Gasteiger partial charge < -0.3 is 5.11 Å². The Morgan fingerprint density at radius 1 is 1.50 bits per heavy atom. The third kappa shape index (κ3) is 1.62. The highest BCUT2D eigenvalue weighted by Gasteiger charge is 2.44. The van der Waals surface area contributed by atoms with Crippen LogP contribution < -0.4 is 0 Å². The van der Waals surface area contributed by atoms with Gasteiger partial charge in [-0.1, -0.05) is 0 Å². The number of aliphatic carboxylic acids is 1. The molecule has 5 nitrogen and oxygen atoms in total. The molecule has 5 heteroatoms. The SMILES string of the molecule is Cn1cc(C2(C(=O)O)CCC(=O)CC2)cn1. The average molecular weight is 222 g/mol. The highest BCUT2D eigenvalue weighted by atomic mass is 16.4. The minimum atomic E-state index is -0.915. The molecule has 16 heavy (non-hydrogen) atoms. The van der Waals surface area contributed by atoms with Gasteiger partial charge in [0, 0.05) is 31.6 Å². The van der Waals surface area contributed by atoms with Crippen molar-refractivity contribution in [3.63, 3.8) is 0 Å². The van der Waals surface area contributed by atoms with Crippen LogP contribution in [0.25, 0.3) is 0 Å². The lowest BCUT2D eigenvalue weighted by Crippen LogP contribution is -2.39. The van der Waals surface area contributed by atoms with Crippen molar-refractivity contribution in [3.05, 3.63) is 18.0 Å². The summed E-state index contributed by atoms with van der Waals surface area (Å²) in [6, 6.07) is 0. The number of hydrogen-bond acceptors (Lipinski definition) is 3. The van der Waals surface area contributed by atoms with Gasteiger partial charge in [-0.3, -0.25) is 14.3 Å². The van der Waals surface area contributed by atoms with E-state index in [4.69, 9.17) is 0 Å². The lowest BCUT2D eigenvalue weighted by Gasteiger charge is -2.31. The maximum absolute atomic E-state index is 11.4. The molecule has 0 aromatic carbocycles. The molecule has 1 aliphatic carbocycles. The van der Waals surface area contributed by atoms with Gasteiger partial charge in [0.2, 0.25) is 0 Å². The molecule has 1 aliphatic rings. The molecule has 2 rings (SSSR count). The van der Waals surface area contributed by atoms with Gasteiger partial charge in [0.1, 0.15) is 5.78 Å². The Kier molecular flexibility index (Phi) is 2.53. The Hall–Kier alpha value is -1.65. The van der Waals surface area contributed by atoms with Crippen molar-refractivity contribution in [2.24, 2.45) is 7.05 Å². The highest BCUT2D eigenvalue weighted by molar-refractivity contribution is 5.87. The first-order valence-electron chi connectivity index (χ1n) is 5.29. The van der Waals surface area contributed by atoms with E-state index in [9.17, 15) is 14.7 Å². The molecule has 1 N–H and O–H groups in total. The van der Waals surface area contributed by atoms with Crippen LogP contribution >= 0.6 is 0 Å². The molecule has 0 saturated heterocycles. The van der Waals surface area contributed by atoms with E-state index in [2.05, 4.69) is 5.10 Å². The van der Waals surface area contributed by atoms with Crippen molar-refractivity contribution in [1.29, 1.82) is 0 Å². The number of nitrogens with zero attached hydrogens (tertiary/aromatic N) is 2. The fraction of sp³-hybridized carbons (Fsp3) is 0.545. The quantitative estimate of drug-likeness (QED) is 0.806. The van der Waals surface area contributed by atoms with Crippen LogP contribution in [0.1, 0.15) is 31.2 Å². The van der Waals surface area contributed by atoms with Gasteiger partial charge in [-0.15, -0.1) is 0 Å². The number of ketones is 1. The molecule has 0 bridgehead atoms. The molecule has 0 aliphatic heterocycles. The van der Waals surface area contributed by atoms with Crippen molar-refractivity contribution in [2.75, 3.05) is 0 Å². The second-order valence-electron chi connectivity index (χ2n) is 4.33. The van der Waals surface area contributed by atoms with Gasteiger partial charge >= 0.3 is 5.97 Å². The summed E-state index contributed by atoms with van der Waals surface area (Å²) < 4.78 is 1.59. The van der Waals surface area contributed by atoms with Crippen LogP contribution in [0, 0.1) is 0 Å². The largest absolute Gasteiger partial charge is 0.481 e. The standard InChI is InChI=1S/C11H14N2O3/c1-13-7-8(6-12-13)11(10(15)16)4-2-9(14)3-5-11/h6-7H,2-5H2,1H3,(H,15,16). The zero-order valence-corrected chi connectivity index (χ0v) is 9.14. The lowest BCUT2D eigenvalue weighted by atomic mass is 9.70. The summed E-state index contributed by atoms with van der Waals surface area (Å²) in [7, 11) is 1.76. The number of carbonyl (C=O) groups excluding carboxylic acids is 1. The molecule has 86 valence electrons. The molecule has 0 spiro atoms. The summed E-state index contributed by atoms with van der Waals surface area (Å²) in [5, 5.41) is 13.4. The van der Waals surface area contributed by atoms with E-state index in [-0.39, 0.29) is 5.78 Å². The minimum Gasteiger partial charge on any atom is -0.481 e. The van der Waals surface area contributed by atoms with Crippen molar-refractivity contribution in [1.82, 2.24) is 9.78 Å². The van der Waals surface area contributed by atoms with Crippen molar-refractivity contribution < 1.29 is 14.7 Å². The molecule has 1 heterocycles. The molecule has 0 unspecified atom stereocenters. The predicted molar refractivity (Wildman–Crippen MR) is 56.0 cm³/mol. The zero-order chi connectivity index (χ0) is 11.8. The molecule has 1 aromatic heterocycles. The highest BCUT2D eigenvalue weighted by Crippen LogP contribution is 2.38. The second-order valence-corrected chi connectivity index (χ2v) is 4.33. The Bertz CT molecular complexity index is 426. The third-order valence-corrected chi connectivity index (χ3v) is 3.33. The molecule has 0 radical (unpaired) electrons. The topological polar surface area (TPSA) is 72.2 Å². The van der Waals surface area contributed by atoms with Crippen LogP contribution in [-0.2, 0) is 22.1 Å². The van der Waals surface area contributed by atoms with E-state index in [1.54, 1.807) is 24.1 Å². The predicted octanol–water partition coefficient (Wildman–Crippen LogP) is 0.886. The Morgan fingerprint density at radius 3 is 2.56 bits per heavy atom.